The van der Waals surface area contributed by atoms with Gasteiger partial charge in [-0.3, -0.25) is 9.59 Å². The van der Waals surface area contributed by atoms with Crippen molar-refractivity contribution in [3.8, 4) is 0 Å². The molecule has 6 nitrogen and oxygen atoms in total. The molecule has 0 radical (unpaired) electrons. The number of hydrogen-bond donors (Lipinski definition) is 1. The number of alkyl halides is 3. The minimum Gasteiger partial charge on any atom is -0.353 e. The van der Waals surface area contributed by atoms with Gasteiger partial charge in [0.1, 0.15) is 11.9 Å². The molecule has 144 valence electrons. The summed E-state index contributed by atoms with van der Waals surface area (Å²) in [5.41, 5.74) is -0.787. The fourth-order valence-corrected chi connectivity index (χ4v) is 2.83. The van der Waals surface area contributed by atoms with E-state index in [4.69, 9.17) is 0 Å². The van der Waals surface area contributed by atoms with Crippen LogP contribution in [-0.2, 0) is 15.8 Å². The second kappa shape index (κ2) is 7.92. The Morgan fingerprint density at radius 1 is 1.15 bits per heavy atom. The molecule has 26 heavy (non-hydrogen) atoms. The number of nitrogens with zero attached hydrogens (tertiary/aromatic N) is 3. The van der Waals surface area contributed by atoms with Crippen LogP contribution in [0.15, 0.2) is 18.3 Å². The summed E-state index contributed by atoms with van der Waals surface area (Å²) in [6.45, 7) is 6.87. The summed E-state index contributed by atoms with van der Waals surface area (Å²) in [7, 11) is 0. The number of hydrogen-bond acceptors (Lipinski definition) is 4. The van der Waals surface area contributed by atoms with Gasteiger partial charge in [-0.2, -0.15) is 13.2 Å². The molecular weight excluding hydrogens is 349 g/mol. The Balaban J connectivity index is 1.98. The van der Waals surface area contributed by atoms with Gasteiger partial charge >= 0.3 is 6.18 Å². The number of piperazine rings is 1. The maximum atomic E-state index is 12.6. The fraction of sp³-hybridized carbons (Fsp3) is 0.588. The monoisotopic (exact) mass is 372 g/mol. The summed E-state index contributed by atoms with van der Waals surface area (Å²) in [5, 5.41) is 2.68. The van der Waals surface area contributed by atoms with E-state index in [2.05, 4.69) is 10.3 Å². The zero-order chi connectivity index (χ0) is 19.5. The topological polar surface area (TPSA) is 65.5 Å². The quantitative estimate of drug-likeness (QED) is 0.877. The molecule has 2 amide bonds. The second-order valence-electron chi connectivity index (χ2n) is 6.64. The van der Waals surface area contributed by atoms with E-state index in [0.717, 1.165) is 12.3 Å². The van der Waals surface area contributed by atoms with Gasteiger partial charge in [-0.25, -0.2) is 4.98 Å². The van der Waals surface area contributed by atoms with Crippen LogP contribution < -0.4 is 10.2 Å². The molecule has 1 aromatic rings. The van der Waals surface area contributed by atoms with E-state index in [1.54, 1.807) is 4.90 Å². The third-order valence-electron chi connectivity index (χ3n) is 4.28. The van der Waals surface area contributed by atoms with Crippen LogP contribution in [0.1, 0.15) is 26.3 Å². The van der Waals surface area contributed by atoms with E-state index in [9.17, 15) is 22.8 Å². The van der Waals surface area contributed by atoms with Crippen molar-refractivity contribution in [1.29, 1.82) is 0 Å². The number of carbonyl (C=O) groups is 2. The lowest BCUT2D eigenvalue weighted by molar-refractivity contribution is -0.138. The van der Waals surface area contributed by atoms with Crippen molar-refractivity contribution in [2.24, 2.45) is 5.92 Å². The Morgan fingerprint density at radius 2 is 1.77 bits per heavy atom. The van der Waals surface area contributed by atoms with Crippen LogP contribution in [0.25, 0.3) is 0 Å². The van der Waals surface area contributed by atoms with Crippen LogP contribution in [0.3, 0.4) is 0 Å². The second-order valence-corrected chi connectivity index (χ2v) is 6.64. The van der Waals surface area contributed by atoms with Crippen molar-refractivity contribution < 1.29 is 22.8 Å². The molecule has 1 aliphatic rings. The Labute approximate surface area is 150 Å². The number of pyridine rings is 1. The fourth-order valence-electron chi connectivity index (χ4n) is 2.83. The summed E-state index contributed by atoms with van der Waals surface area (Å²) in [5.74, 6) is 0.00764. The number of aromatic nitrogens is 1. The summed E-state index contributed by atoms with van der Waals surface area (Å²) < 4.78 is 37.8. The number of amides is 2. The van der Waals surface area contributed by atoms with Crippen LogP contribution >= 0.6 is 0 Å². The minimum absolute atomic E-state index is 0.0407. The van der Waals surface area contributed by atoms with Gasteiger partial charge < -0.3 is 15.1 Å². The van der Waals surface area contributed by atoms with Gasteiger partial charge in [-0.05, 0) is 18.1 Å². The molecule has 1 aromatic heterocycles. The Morgan fingerprint density at radius 3 is 2.19 bits per heavy atom. The van der Waals surface area contributed by atoms with Crippen LogP contribution in [0.4, 0.5) is 19.0 Å². The molecular formula is C17H23F3N4O2. The normalized spacial score (nSPS) is 16.6. The minimum atomic E-state index is -4.41. The van der Waals surface area contributed by atoms with Gasteiger partial charge in [-0.1, -0.05) is 13.8 Å². The number of nitrogens with one attached hydrogen (secondary N) is 1. The zero-order valence-corrected chi connectivity index (χ0v) is 15.0. The molecule has 0 aromatic carbocycles. The van der Waals surface area contributed by atoms with Gasteiger partial charge in [0.2, 0.25) is 11.8 Å². The maximum Gasteiger partial charge on any atom is 0.417 e. The molecule has 1 N–H and O–H groups in total. The molecule has 0 spiro atoms. The van der Waals surface area contributed by atoms with Gasteiger partial charge in [-0.15, -0.1) is 0 Å². The number of carbonyl (C=O) groups excluding carboxylic acids is 2. The molecule has 2 heterocycles. The van der Waals surface area contributed by atoms with Crippen LogP contribution in [0, 0.1) is 5.92 Å². The molecule has 0 aliphatic carbocycles. The molecule has 1 fully saturated rings. The number of anilines is 1. The first-order valence-electron chi connectivity index (χ1n) is 8.43. The highest BCUT2D eigenvalue weighted by atomic mass is 19.4. The van der Waals surface area contributed by atoms with Crippen LogP contribution in [-0.4, -0.2) is 53.9 Å². The van der Waals surface area contributed by atoms with E-state index in [1.165, 1.54) is 13.0 Å². The predicted octanol–water partition coefficient (Wildman–Crippen LogP) is 1.91. The predicted molar refractivity (Wildman–Crippen MR) is 90.5 cm³/mol. The highest BCUT2D eigenvalue weighted by Gasteiger charge is 2.32. The van der Waals surface area contributed by atoms with Gasteiger partial charge in [0.15, 0.2) is 0 Å². The summed E-state index contributed by atoms with van der Waals surface area (Å²) >= 11 is 0. The van der Waals surface area contributed by atoms with Crippen molar-refractivity contribution in [3.63, 3.8) is 0 Å². The highest BCUT2D eigenvalue weighted by molar-refractivity contribution is 5.87. The van der Waals surface area contributed by atoms with Gasteiger partial charge in [0, 0.05) is 39.3 Å². The third kappa shape index (κ3) is 4.86. The van der Waals surface area contributed by atoms with E-state index in [0.29, 0.717) is 32.0 Å². The average molecular weight is 372 g/mol. The molecule has 1 aliphatic heterocycles. The first-order valence-corrected chi connectivity index (χ1v) is 8.43. The third-order valence-corrected chi connectivity index (χ3v) is 4.28. The molecule has 1 saturated heterocycles. The molecule has 2 rings (SSSR count). The SMILES string of the molecule is CC(=O)N[C@H](C(=O)N1CCN(c2ccc(C(F)(F)F)cn2)CC1)C(C)C. The number of rotatable bonds is 4. The highest BCUT2D eigenvalue weighted by Crippen LogP contribution is 2.29. The van der Waals surface area contributed by atoms with Crippen LogP contribution in [0.2, 0.25) is 0 Å². The van der Waals surface area contributed by atoms with Gasteiger partial charge in [0.25, 0.3) is 0 Å². The lowest BCUT2D eigenvalue weighted by Crippen LogP contribution is -2.56. The smallest absolute Gasteiger partial charge is 0.353 e. The van der Waals surface area contributed by atoms with Crippen molar-refractivity contribution >= 4 is 17.6 Å². The lowest BCUT2D eigenvalue weighted by Gasteiger charge is -2.37. The molecule has 0 unspecified atom stereocenters. The Kier molecular flexibility index (Phi) is 6.09. The Bertz CT molecular complexity index is 638. The first kappa shape index (κ1) is 20.0. The van der Waals surface area contributed by atoms with E-state index in [-0.39, 0.29) is 17.7 Å². The van der Waals surface area contributed by atoms with E-state index < -0.39 is 17.8 Å². The molecule has 1 atom stereocenters. The lowest BCUT2D eigenvalue weighted by atomic mass is 10.0. The summed E-state index contributed by atoms with van der Waals surface area (Å²) in [6, 6.07) is 1.77. The van der Waals surface area contributed by atoms with Crippen molar-refractivity contribution in [2.45, 2.75) is 33.0 Å². The molecule has 0 bridgehead atoms. The maximum absolute atomic E-state index is 12.6. The standard InChI is InChI=1S/C17H23F3N4O2/c1-11(2)15(22-12(3)25)16(26)24-8-6-23(7-9-24)14-5-4-13(10-21-14)17(18,19)20/h4-5,10-11,15H,6-9H2,1-3H3,(H,22,25)/t15-/m0/s1. The largest absolute Gasteiger partial charge is 0.417 e. The average Bonchev–Trinajstić information content (AvgIpc) is 2.58. The van der Waals surface area contributed by atoms with E-state index >= 15 is 0 Å². The Hall–Kier alpha value is -2.32. The zero-order valence-electron chi connectivity index (χ0n) is 15.0. The van der Waals surface area contributed by atoms with Crippen molar-refractivity contribution in [2.75, 3.05) is 31.1 Å². The van der Waals surface area contributed by atoms with Crippen molar-refractivity contribution in [3.05, 3.63) is 23.9 Å². The van der Waals surface area contributed by atoms with Crippen LogP contribution in [0.5, 0.6) is 0 Å². The number of halogens is 3. The first-order chi connectivity index (χ1) is 12.1. The van der Waals surface area contributed by atoms with Crippen molar-refractivity contribution in [1.82, 2.24) is 15.2 Å². The van der Waals surface area contributed by atoms with E-state index in [1.807, 2.05) is 18.7 Å². The summed E-state index contributed by atoms with van der Waals surface area (Å²) in [4.78, 5) is 31.3. The molecule has 0 saturated carbocycles. The molecule has 9 heteroatoms. The van der Waals surface area contributed by atoms with Gasteiger partial charge in [0.05, 0.1) is 5.56 Å². The summed E-state index contributed by atoms with van der Waals surface area (Å²) in [6.07, 6.45) is -3.59.